The fourth-order valence-corrected chi connectivity index (χ4v) is 2.83. The van der Waals surface area contributed by atoms with Gasteiger partial charge in [0.2, 0.25) is 0 Å². The van der Waals surface area contributed by atoms with E-state index in [9.17, 15) is 5.11 Å². The zero-order valence-corrected chi connectivity index (χ0v) is 12.0. The summed E-state index contributed by atoms with van der Waals surface area (Å²) >= 11 is 6.12. The van der Waals surface area contributed by atoms with Crippen LogP contribution >= 0.6 is 11.6 Å². The van der Waals surface area contributed by atoms with Crippen molar-refractivity contribution in [2.24, 2.45) is 0 Å². The Morgan fingerprint density at radius 2 is 2.00 bits per heavy atom. The molecular formula is C16H14ClN3O. The van der Waals surface area contributed by atoms with Crippen LogP contribution in [0.1, 0.15) is 18.9 Å². The third-order valence-corrected chi connectivity index (χ3v) is 4.08. The van der Waals surface area contributed by atoms with E-state index < -0.39 is 0 Å². The van der Waals surface area contributed by atoms with Crippen molar-refractivity contribution in [2.45, 2.75) is 18.9 Å². The van der Waals surface area contributed by atoms with E-state index in [1.165, 1.54) is 0 Å². The number of fused-ring (bicyclic) bond motifs is 1. The fourth-order valence-electron chi connectivity index (χ4n) is 2.67. The molecule has 3 N–H and O–H groups in total. The van der Waals surface area contributed by atoms with Gasteiger partial charge < -0.3 is 15.4 Å². The van der Waals surface area contributed by atoms with E-state index >= 15 is 0 Å². The normalized spacial score (nSPS) is 14.7. The Balaban J connectivity index is 1.99. The molecule has 0 saturated heterocycles. The van der Waals surface area contributed by atoms with Crippen molar-refractivity contribution >= 4 is 28.3 Å². The maximum atomic E-state index is 9.59. The molecule has 4 rings (SSSR count). The molecule has 0 amide bonds. The quantitative estimate of drug-likeness (QED) is 0.556. The smallest absolute Gasteiger partial charge is 0.141 e. The molecule has 1 saturated carbocycles. The lowest BCUT2D eigenvalue weighted by atomic mass is 10.1. The van der Waals surface area contributed by atoms with Crippen LogP contribution in [0.25, 0.3) is 22.4 Å². The fraction of sp³-hybridized carbons (Fsp3) is 0.188. The number of anilines is 1. The first-order valence-electron chi connectivity index (χ1n) is 6.90. The van der Waals surface area contributed by atoms with Crippen molar-refractivity contribution in [1.29, 1.82) is 0 Å². The molecule has 106 valence electrons. The Bertz CT molecular complexity index is 852. The molecule has 5 heteroatoms. The number of rotatable bonds is 2. The monoisotopic (exact) mass is 299 g/mol. The molecule has 0 atom stereocenters. The van der Waals surface area contributed by atoms with Crippen LogP contribution in [0.3, 0.4) is 0 Å². The third-order valence-electron chi connectivity index (χ3n) is 3.85. The molecule has 0 radical (unpaired) electrons. The van der Waals surface area contributed by atoms with E-state index in [0.717, 1.165) is 35.3 Å². The predicted octanol–water partition coefficient (Wildman–Crippen LogP) is 3.98. The highest BCUT2D eigenvalue weighted by Crippen LogP contribution is 2.42. The van der Waals surface area contributed by atoms with Gasteiger partial charge in [-0.15, -0.1) is 0 Å². The molecule has 1 aliphatic carbocycles. The molecular weight excluding hydrogens is 286 g/mol. The number of phenols is 1. The van der Waals surface area contributed by atoms with Crippen molar-refractivity contribution in [3.8, 4) is 17.1 Å². The van der Waals surface area contributed by atoms with Gasteiger partial charge in [0.05, 0.1) is 16.7 Å². The van der Waals surface area contributed by atoms with Crippen molar-refractivity contribution in [3.05, 3.63) is 41.4 Å². The molecule has 1 aliphatic rings. The van der Waals surface area contributed by atoms with Gasteiger partial charge in [0.25, 0.3) is 0 Å². The van der Waals surface area contributed by atoms with Crippen molar-refractivity contribution in [2.75, 3.05) is 5.73 Å². The van der Waals surface area contributed by atoms with Crippen LogP contribution in [0, 0.1) is 0 Å². The molecule has 0 unspecified atom stereocenters. The number of aromatic hydroxyl groups is 1. The van der Waals surface area contributed by atoms with E-state index in [2.05, 4.69) is 4.57 Å². The lowest BCUT2D eigenvalue weighted by Gasteiger charge is -2.09. The minimum Gasteiger partial charge on any atom is -0.506 e. The van der Waals surface area contributed by atoms with Gasteiger partial charge in [0.15, 0.2) is 0 Å². The standard InChI is InChI=1S/C16H14ClN3O/c17-10-2-5-13-14(8-10)20(11-3-4-11)16(19-13)9-1-6-15(21)12(18)7-9/h1-2,5-8,11,21H,3-4,18H2. The summed E-state index contributed by atoms with van der Waals surface area (Å²) in [4.78, 5) is 4.72. The number of nitrogens with zero attached hydrogens (tertiary/aromatic N) is 2. The molecule has 2 aromatic carbocycles. The molecule has 1 aromatic heterocycles. The first kappa shape index (κ1) is 12.5. The van der Waals surface area contributed by atoms with Gasteiger partial charge in [-0.05, 0) is 49.2 Å². The molecule has 21 heavy (non-hydrogen) atoms. The third kappa shape index (κ3) is 2.03. The molecule has 1 fully saturated rings. The second-order valence-electron chi connectivity index (χ2n) is 5.44. The van der Waals surface area contributed by atoms with E-state index in [-0.39, 0.29) is 5.75 Å². The minimum atomic E-state index is 0.0934. The van der Waals surface area contributed by atoms with Gasteiger partial charge in [0.1, 0.15) is 11.6 Å². The van der Waals surface area contributed by atoms with Crippen molar-refractivity contribution in [3.63, 3.8) is 0 Å². The summed E-state index contributed by atoms with van der Waals surface area (Å²) in [6, 6.07) is 11.4. The first-order valence-corrected chi connectivity index (χ1v) is 7.27. The average molecular weight is 300 g/mol. The Morgan fingerprint density at radius 1 is 1.19 bits per heavy atom. The van der Waals surface area contributed by atoms with Crippen molar-refractivity contribution < 1.29 is 5.11 Å². The van der Waals surface area contributed by atoms with Crippen molar-refractivity contribution in [1.82, 2.24) is 9.55 Å². The highest BCUT2D eigenvalue weighted by Gasteiger charge is 2.28. The number of hydrogen-bond acceptors (Lipinski definition) is 3. The summed E-state index contributed by atoms with van der Waals surface area (Å²) in [6.07, 6.45) is 2.30. The average Bonchev–Trinajstić information content (AvgIpc) is 3.23. The molecule has 0 spiro atoms. The first-order chi connectivity index (χ1) is 10.1. The second kappa shape index (κ2) is 4.40. The molecule has 1 heterocycles. The van der Waals surface area contributed by atoms with Gasteiger partial charge in [-0.2, -0.15) is 0 Å². The van der Waals surface area contributed by atoms with E-state index in [1.54, 1.807) is 12.1 Å². The van der Waals surface area contributed by atoms with Gasteiger partial charge in [-0.25, -0.2) is 4.98 Å². The van der Waals surface area contributed by atoms with E-state index in [4.69, 9.17) is 22.3 Å². The second-order valence-corrected chi connectivity index (χ2v) is 5.88. The Hall–Kier alpha value is -2.20. The lowest BCUT2D eigenvalue weighted by Crippen LogP contribution is -1.98. The van der Waals surface area contributed by atoms with Gasteiger partial charge in [0, 0.05) is 16.6 Å². The number of phenolic OH excluding ortho intramolecular Hbond substituents is 1. The maximum absolute atomic E-state index is 9.59. The molecule has 3 aromatic rings. The predicted molar refractivity (Wildman–Crippen MR) is 84.5 cm³/mol. The highest BCUT2D eigenvalue weighted by molar-refractivity contribution is 6.31. The summed E-state index contributed by atoms with van der Waals surface area (Å²) in [6.45, 7) is 0. The van der Waals surface area contributed by atoms with Crippen LogP contribution < -0.4 is 5.73 Å². The summed E-state index contributed by atoms with van der Waals surface area (Å²) in [5, 5.41) is 10.3. The molecule has 0 bridgehead atoms. The summed E-state index contributed by atoms with van der Waals surface area (Å²) in [5.41, 5.74) is 9.05. The zero-order valence-electron chi connectivity index (χ0n) is 11.3. The van der Waals surface area contributed by atoms with Crippen LogP contribution in [0.15, 0.2) is 36.4 Å². The number of imidazole rings is 1. The van der Waals surface area contributed by atoms with Gasteiger partial charge in [-0.1, -0.05) is 11.6 Å². The number of hydrogen-bond donors (Lipinski definition) is 2. The van der Waals surface area contributed by atoms with Crippen LogP contribution in [-0.2, 0) is 0 Å². The van der Waals surface area contributed by atoms with E-state index in [0.29, 0.717) is 16.8 Å². The number of nitrogens with two attached hydrogens (primary N) is 1. The summed E-state index contributed by atoms with van der Waals surface area (Å²) in [7, 11) is 0. The Kier molecular flexibility index (Phi) is 2.62. The summed E-state index contributed by atoms with van der Waals surface area (Å²) in [5.74, 6) is 0.970. The number of halogens is 1. The van der Waals surface area contributed by atoms with E-state index in [1.807, 2.05) is 24.3 Å². The van der Waals surface area contributed by atoms with Crippen LogP contribution in [0.2, 0.25) is 5.02 Å². The summed E-state index contributed by atoms with van der Waals surface area (Å²) < 4.78 is 2.23. The number of benzene rings is 2. The number of aromatic nitrogens is 2. The Morgan fingerprint density at radius 3 is 2.71 bits per heavy atom. The lowest BCUT2D eigenvalue weighted by molar-refractivity contribution is 0.478. The maximum Gasteiger partial charge on any atom is 0.141 e. The number of nitrogen functional groups attached to an aromatic ring is 1. The molecule has 4 nitrogen and oxygen atoms in total. The topological polar surface area (TPSA) is 64.1 Å². The highest BCUT2D eigenvalue weighted by atomic mass is 35.5. The zero-order chi connectivity index (χ0) is 14.6. The van der Waals surface area contributed by atoms with Gasteiger partial charge in [-0.3, -0.25) is 0 Å². The minimum absolute atomic E-state index is 0.0934. The largest absolute Gasteiger partial charge is 0.506 e. The van der Waals surface area contributed by atoms with Crippen LogP contribution in [-0.4, -0.2) is 14.7 Å². The van der Waals surface area contributed by atoms with Crippen LogP contribution in [0.5, 0.6) is 5.75 Å². The Labute approximate surface area is 126 Å². The van der Waals surface area contributed by atoms with Crippen LogP contribution in [0.4, 0.5) is 5.69 Å². The SMILES string of the molecule is Nc1cc(-c2nc3ccc(Cl)cc3n2C2CC2)ccc1O. The molecule has 0 aliphatic heterocycles. The van der Waals surface area contributed by atoms with Gasteiger partial charge >= 0.3 is 0 Å².